The van der Waals surface area contributed by atoms with Crippen LogP contribution in [-0.4, -0.2) is 5.78 Å². The summed E-state index contributed by atoms with van der Waals surface area (Å²) < 4.78 is 62.3. The van der Waals surface area contributed by atoms with Crippen molar-refractivity contribution in [2.24, 2.45) is 0 Å². The highest BCUT2D eigenvalue weighted by atomic mass is 16.1. The van der Waals surface area contributed by atoms with Gasteiger partial charge in [-0.1, -0.05) is 36.4 Å². The zero-order valence-electron chi connectivity index (χ0n) is 16.9. The van der Waals surface area contributed by atoms with E-state index in [9.17, 15) is 4.79 Å². The molecule has 0 spiro atoms. The maximum Gasteiger partial charge on any atom is 0.193 e. The van der Waals surface area contributed by atoms with Gasteiger partial charge in [0.25, 0.3) is 0 Å². The molecule has 0 heterocycles. The summed E-state index contributed by atoms with van der Waals surface area (Å²) >= 11 is 0. The van der Waals surface area contributed by atoms with Crippen LogP contribution in [0.1, 0.15) is 49.1 Å². The van der Waals surface area contributed by atoms with E-state index >= 15 is 0 Å². The summed E-state index contributed by atoms with van der Waals surface area (Å²) in [4.78, 5) is 12.9. The first-order chi connectivity index (χ1) is 11.4. The van der Waals surface area contributed by atoms with Gasteiger partial charge in [-0.25, -0.2) is 0 Å². The van der Waals surface area contributed by atoms with Gasteiger partial charge in [0.15, 0.2) is 5.78 Å². The molecular formula is C16H14O. The standard InChI is InChI=1S/C16H14O/c1-10-7-8-11(2)15-14(10)9-12-5-3-4-6-13(12)16(15)17/h3-8H,9H2,1-2H3/i1D3,2D3,7D,8D. The molecule has 1 aliphatic rings. The summed E-state index contributed by atoms with van der Waals surface area (Å²) in [6, 6.07) is 5.19. The van der Waals surface area contributed by atoms with Gasteiger partial charge in [0.05, 0.1) is 2.74 Å². The van der Waals surface area contributed by atoms with Crippen LogP contribution in [0.15, 0.2) is 36.4 Å². The monoisotopic (exact) mass is 230 g/mol. The summed E-state index contributed by atoms with van der Waals surface area (Å²) in [5.74, 6) is -0.609. The molecule has 0 fully saturated rings. The fraction of sp³-hybridized carbons (Fsp3) is 0.188. The highest BCUT2D eigenvalue weighted by molar-refractivity contribution is 6.13. The lowest BCUT2D eigenvalue weighted by atomic mass is 9.81. The van der Waals surface area contributed by atoms with Gasteiger partial charge in [0, 0.05) is 19.4 Å². The maximum atomic E-state index is 12.9. The summed E-state index contributed by atoms with van der Waals surface area (Å²) in [5, 5.41) is 0. The molecule has 0 aromatic heterocycles. The summed E-state index contributed by atoms with van der Waals surface area (Å²) in [7, 11) is 0. The zero-order valence-corrected chi connectivity index (χ0v) is 8.92. The Balaban J connectivity index is 2.48. The molecule has 0 saturated heterocycles. The summed E-state index contributed by atoms with van der Waals surface area (Å²) in [5.41, 5.74) is -0.307. The van der Waals surface area contributed by atoms with E-state index in [1.54, 1.807) is 24.3 Å². The fourth-order valence-electron chi connectivity index (χ4n) is 2.19. The Morgan fingerprint density at radius 2 is 1.94 bits per heavy atom. The molecule has 84 valence electrons. The van der Waals surface area contributed by atoms with E-state index in [0.717, 1.165) is 0 Å². The van der Waals surface area contributed by atoms with Crippen LogP contribution in [-0.2, 0) is 6.42 Å². The Labute approximate surface area is 112 Å². The molecule has 2 aromatic rings. The molecule has 0 aliphatic heterocycles. The van der Waals surface area contributed by atoms with Crippen molar-refractivity contribution in [3.63, 3.8) is 0 Å². The Bertz CT molecular complexity index is 892. The molecular weight excluding hydrogens is 208 g/mol. The van der Waals surface area contributed by atoms with Crippen LogP contribution >= 0.6 is 0 Å². The normalized spacial score (nSPS) is 21.5. The SMILES string of the molecule is [2H]c1c([2H])c(C([2H])([2H])[2H])c2c(c1C([2H])([2H])[2H])Cc1ccccc1C2=O. The van der Waals surface area contributed by atoms with Crippen LogP contribution < -0.4 is 0 Å². The van der Waals surface area contributed by atoms with Crippen molar-refractivity contribution >= 4 is 5.78 Å². The molecule has 3 rings (SSSR count). The second-order valence-corrected chi connectivity index (χ2v) is 4.02. The third-order valence-electron chi connectivity index (χ3n) is 3.02. The van der Waals surface area contributed by atoms with Crippen molar-refractivity contribution in [1.82, 2.24) is 0 Å². The number of carbonyl (C=O) groups is 1. The number of hydrogen-bond acceptors (Lipinski definition) is 1. The van der Waals surface area contributed by atoms with Crippen molar-refractivity contribution in [2.45, 2.75) is 20.1 Å². The quantitative estimate of drug-likeness (QED) is 0.578. The second kappa shape index (κ2) is 3.56. The van der Waals surface area contributed by atoms with Crippen molar-refractivity contribution in [1.29, 1.82) is 0 Å². The predicted octanol–water partition coefficient (Wildman–Crippen LogP) is 3.44. The van der Waals surface area contributed by atoms with Crippen molar-refractivity contribution < 1.29 is 15.8 Å². The Morgan fingerprint density at radius 1 is 1.18 bits per heavy atom. The van der Waals surface area contributed by atoms with Gasteiger partial charge in [0.1, 0.15) is 0 Å². The Hall–Kier alpha value is -1.89. The molecule has 0 radical (unpaired) electrons. The fourth-order valence-corrected chi connectivity index (χ4v) is 2.19. The first-order valence-electron chi connectivity index (χ1n) is 9.24. The molecule has 2 aromatic carbocycles. The number of hydrogen-bond donors (Lipinski definition) is 0. The minimum atomic E-state index is -2.80. The van der Waals surface area contributed by atoms with Crippen molar-refractivity contribution in [3.05, 3.63) is 69.7 Å². The van der Waals surface area contributed by atoms with E-state index in [4.69, 9.17) is 11.0 Å². The third kappa shape index (κ3) is 1.42. The number of benzene rings is 2. The van der Waals surface area contributed by atoms with E-state index in [1.807, 2.05) is 0 Å². The maximum absolute atomic E-state index is 12.9. The first kappa shape index (κ1) is 4.77. The second-order valence-electron chi connectivity index (χ2n) is 4.02. The number of carbonyl (C=O) groups excluding carboxylic acids is 1. The average Bonchev–Trinajstić information content (AvgIpc) is 2.47. The van der Waals surface area contributed by atoms with Gasteiger partial charge < -0.3 is 0 Å². The Kier molecular flexibility index (Phi) is 0.998. The first-order valence-corrected chi connectivity index (χ1v) is 5.24. The minimum Gasteiger partial charge on any atom is -0.289 e. The van der Waals surface area contributed by atoms with Crippen molar-refractivity contribution in [2.75, 3.05) is 0 Å². The van der Waals surface area contributed by atoms with Crippen molar-refractivity contribution in [3.8, 4) is 0 Å². The van der Waals surface area contributed by atoms with Crippen LogP contribution in [0.25, 0.3) is 0 Å². The van der Waals surface area contributed by atoms with Crippen LogP contribution in [0.2, 0.25) is 0 Å². The van der Waals surface area contributed by atoms with Gasteiger partial charge in [-0.2, -0.15) is 0 Å². The average molecular weight is 230 g/mol. The van der Waals surface area contributed by atoms with E-state index in [2.05, 4.69) is 0 Å². The van der Waals surface area contributed by atoms with Gasteiger partial charge in [-0.05, 0) is 42.4 Å². The molecule has 0 atom stereocenters. The minimum absolute atomic E-state index is 0.0239. The summed E-state index contributed by atoms with van der Waals surface area (Å²) in [6.45, 7) is -5.52. The highest BCUT2D eigenvalue weighted by Gasteiger charge is 2.25. The van der Waals surface area contributed by atoms with E-state index in [0.29, 0.717) is 11.1 Å². The molecule has 0 amide bonds. The Morgan fingerprint density at radius 3 is 2.76 bits per heavy atom. The molecule has 1 heteroatoms. The highest BCUT2D eigenvalue weighted by Crippen LogP contribution is 2.30. The van der Waals surface area contributed by atoms with E-state index in [-0.39, 0.29) is 17.5 Å². The molecule has 0 saturated carbocycles. The van der Waals surface area contributed by atoms with E-state index in [1.165, 1.54) is 0 Å². The van der Waals surface area contributed by atoms with Gasteiger partial charge >= 0.3 is 0 Å². The lowest BCUT2D eigenvalue weighted by Crippen LogP contribution is -2.17. The topological polar surface area (TPSA) is 17.1 Å². The molecule has 0 unspecified atom stereocenters. The third-order valence-corrected chi connectivity index (χ3v) is 3.02. The summed E-state index contributed by atoms with van der Waals surface area (Å²) in [6.07, 6.45) is 0.0419. The molecule has 1 nitrogen and oxygen atoms in total. The van der Waals surface area contributed by atoms with E-state index < -0.39 is 42.7 Å². The molecule has 0 bridgehead atoms. The van der Waals surface area contributed by atoms with Crippen LogP contribution in [0.3, 0.4) is 0 Å². The van der Waals surface area contributed by atoms with Crippen LogP contribution in [0.5, 0.6) is 0 Å². The predicted molar refractivity (Wildman–Crippen MR) is 68.6 cm³/mol. The lowest BCUT2D eigenvalue weighted by molar-refractivity contribution is 0.103. The lowest BCUT2D eigenvalue weighted by Gasteiger charge is -2.21. The molecule has 17 heavy (non-hydrogen) atoms. The van der Waals surface area contributed by atoms with Gasteiger partial charge in [0.2, 0.25) is 0 Å². The number of ketones is 1. The zero-order chi connectivity index (χ0) is 18.7. The molecule has 1 aliphatic carbocycles. The number of rotatable bonds is 0. The van der Waals surface area contributed by atoms with Gasteiger partial charge in [-0.3, -0.25) is 4.79 Å². The number of fused-ring (bicyclic) bond motifs is 2. The van der Waals surface area contributed by atoms with Crippen LogP contribution in [0.4, 0.5) is 0 Å². The smallest absolute Gasteiger partial charge is 0.193 e. The largest absolute Gasteiger partial charge is 0.289 e. The van der Waals surface area contributed by atoms with Crippen LogP contribution in [0, 0.1) is 13.7 Å². The van der Waals surface area contributed by atoms with Gasteiger partial charge in [-0.15, -0.1) is 0 Å². The molecule has 0 N–H and O–H groups in total.